The van der Waals surface area contributed by atoms with Gasteiger partial charge in [-0.15, -0.1) is 0 Å². The van der Waals surface area contributed by atoms with Crippen LogP contribution in [0.15, 0.2) is 18.2 Å². The molecule has 4 nitrogen and oxygen atoms in total. The Morgan fingerprint density at radius 3 is 2.93 bits per heavy atom. The predicted molar refractivity (Wildman–Crippen MR) is 61.0 cm³/mol. The van der Waals surface area contributed by atoms with Gasteiger partial charge in [-0.05, 0) is 17.7 Å². The molecule has 1 aliphatic rings. The number of ether oxygens (including phenoxy) is 1. The number of nitrogen functional groups attached to an aromatic ring is 1. The Balaban J connectivity index is 2.20. The molecule has 0 aromatic heterocycles. The maximum Gasteiger partial charge on any atom is 0.142 e. The molecule has 0 saturated carbocycles. The lowest BCUT2D eigenvalue weighted by Gasteiger charge is -2.25. The van der Waals surface area contributed by atoms with E-state index >= 15 is 0 Å². The average Bonchev–Trinajstić information content (AvgIpc) is 2.31. The summed E-state index contributed by atoms with van der Waals surface area (Å²) in [5.74, 6) is 0.750. The summed E-state index contributed by atoms with van der Waals surface area (Å²) < 4.78 is 5.20. The van der Waals surface area contributed by atoms with Gasteiger partial charge in [-0.1, -0.05) is 6.07 Å². The molecule has 1 aromatic carbocycles. The van der Waals surface area contributed by atoms with Gasteiger partial charge in [-0.25, -0.2) is 0 Å². The third kappa shape index (κ3) is 2.22. The molecule has 4 heteroatoms. The number of nitrogens with two attached hydrogens (primary N) is 1. The first kappa shape index (κ1) is 10.3. The van der Waals surface area contributed by atoms with E-state index in [0.29, 0.717) is 11.7 Å². The second-order valence-electron chi connectivity index (χ2n) is 3.71. The van der Waals surface area contributed by atoms with Gasteiger partial charge in [0, 0.05) is 25.7 Å². The van der Waals surface area contributed by atoms with Crippen LogP contribution in [0.3, 0.4) is 0 Å². The number of hydrogen-bond acceptors (Lipinski definition) is 4. The Labute approximate surface area is 89.8 Å². The first-order chi connectivity index (χ1) is 7.31. The van der Waals surface area contributed by atoms with E-state index in [0.717, 1.165) is 25.4 Å². The number of benzene rings is 1. The Bertz CT molecular complexity index is 335. The Kier molecular flexibility index (Phi) is 3.08. The first-order valence-corrected chi connectivity index (χ1v) is 5.19. The number of hydrogen-bond donors (Lipinski definition) is 3. The number of nitrogens with one attached hydrogen (secondary N) is 2. The third-order valence-corrected chi connectivity index (χ3v) is 2.70. The van der Waals surface area contributed by atoms with E-state index in [9.17, 15) is 0 Å². The van der Waals surface area contributed by atoms with Crippen molar-refractivity contribution in [2.24, 2.45) is 0 Å². The largest absolute Gasteiger partial charge is 0.495 e. The van der Waals surface area contributed by atoms with Gasteiger partial charge in [0.15, 0.2) is 0 Å². The summed E-state index contributed by atoms with van der Waals surface area (Å²) in [5.41, 5.74) is 7.67. The van der Waals surface area contributed by atoms with E-state index in [1.807, 2.05) is 18.2 Å². The molecular weight excluding hydrogens is 190 g/mol. The van der Waals surface area contributed by atoms with E-state index in [-0.39, 0.29) is 0 Å². The summed E-state index contributed by atoms with van der Waals surface area (Å²) >= 11 is 0. The molecule has 1 saturated heterocycles. The first-order valence-electron chi connectivity index (χ1n) is 5.19. The molecule has 1 unspecified atom stereocenters. The van der Waals surface area contributed by atoms with Gasteiger partial charge >= 0.3 is 0 Å². The van der Waals surface area contributed by atoms with E-state index in [4.69, 9.17) is 10.5 Å². The lowest BCUT2D eigenvalue weighted by atomic mass is 10.0. The van der Waals surface area contributed by atoms with Crippen LogP contribution in [-0.2, 0) is 0 Å². The molecule has 15 heavy (non-hydrogen) atoms. The zero-order valence-corrected chi connectivity index (χ0v) is 8.92. The van der Waals surface area contributed by atoms with Gasteiger partial charge < -0.3 is 21.1 Å². The van der Waals surface area contributed by atoms with Crippen LogP contribution in [0.4, 0.5) is 5.69 Å². The monoisotopic (exact) mass is 207 g/mol. The van der Waals surface area contributed by atoms with Crippen molar-refractivity contribution < 1.29 is 4.74 Å². The summed E-state index contributed by atoms with van der Waals surface area (Å²) in [6.45, 7) is 2.98. The fraction of sp³-hybridized carbons (Fsp3) is 0.455. The number of methoxy groups -OCH3 is 1. The molecule has 1 fully saturated rings. The van der Waals surface area contributed by atoms with Crippen molar-refractivity contribution in [3.05, 3.63) is 23.8 Å². The van der Waals surface area contributed by atoms with Gasteiger partial charge in [0.25, 0.3) is 0 Å². The summed E-state index contributed by atoms with van der Waals surface area (Å²) in [6.07, 6.45) is 0. The van der Waals surface area contributed by atoms with E-state index in [2.05, 4.69) is 10.6 Å². The molecule has 1 aromatic rings. The molecule has 1 atom stereocenters. The van der Waals surface area contributed by atoms with Gasteiger partial charge in [0.1, 0.15) is 5.75 Å². The number of anilines is 1. The molecule has 1 aliphatic heterocycles. The fourth-order valence-corrected chi connectivity index (χ4v) is 1.83. The number of piperazine rings is 1. The van der Waals surface area contributed by atoms with Crippen molar-refractivity contribution in [3.8, 4) is 5.75 Å². The second-order valence-corrected chi connectivity index (χ2v) is 3.71. The Hall–Kier alpha value is -1.26. The molecule has 0 spiro atoms. The highest BCUT2D eigenvalue weighted by atomic mass is 16.5. The maximum absolute atomic E-state index is 5.77. The lowest BCUT2D eigenvalue weighted by Crippen LogP contribution is -2.42. The quantitative estimate of drug-likeness (QED) is 0.618. The predicted octanol–water partition coefficient (Wildman–Crippen LogP) is 0.511. The Morgan fingerprint density at radius 1 is 1.40 bits per heavy atom. The van der Waals surface area contributed by atoms with E-state index in [1.54, 1.807) is 7.11 Å². The van der Waals surface area contributed by atoms with Gasteiger partial charge in [-0.3, -0.25) is 0 Å². The minimum Gasteiger partial charge on any atom is -0.495 e. The molecular formula is C11H17N3O. The number of rotatable bonds is 2. The highest BCUT2D eigenvalue weighted by Crippen LogP contribution is 2.25. The highest BCUT2D eigenvalue weighted by molar-refractivity contribution is 5.54. The maximum atomic E-state index is 5.77. The van der Waals surface area contributed by atoms with Crippen LogP contribution in [0.2, 0.25) is 0 Å². The normalized spacial score (nSPS) is 21.3. The van der Waals surface area contributed by atoms with Crippen LogP contribution in [0.25, 0.3) is 0 Å². The van der Waals surface area contributed by atoms with Gasteiger partial charge in [0.05, 0.1) is 12.8 Å². The highest BCUT2D eigenvalue weighted by Gasteiger charge is 2.15. The van der Waals surface area contributed by atoms with Crippen LogP contribution in [-0.4, -0.2) is 26.7 Å². The fourth-order valence-electron chi connectivity index (χ4n) is 1.83. The zero-order valence-electron chi connectivity index (χ0n) is 8.92. The topological polar surface area (TPSA) is 59.3 Å². The van der Waals surface area contributed by atoms with E-state index in [1.165, 1.54) is 5.56 Å². The standard InChI is InChI=1S/C11H17N3O/c1-15-11-6-8(2-3-9(11)12)10-7-13-4-5-14-10/h2-3,6,10,13-14H,4-5,7,12H2,1H3. The van der Waals surface area contributed by atoms with Crippen molar-refractivity contribution >= 4 is 5.69 Å². The van der Waals surface area contributed by atoms with Crippen molar-refractivity contribution in [2.45, 2.75) is 6.04 Å². The summed E-state index contributed by atoms with van der Waals surface area (Å²) in [4.78, 5) is 0. The van der Waals surface area contributed by atoms with E-state index < -0.39 is 0 Å². The smallest absolute Gasteiger partial charge is 0.142 e. The zero-order chi connectivity index (χ0) is 10.7. The van der Waals surface area contributed by atoms with Crippen molar-refractivity contribution in [1.82, 2.24) is 10.6 Å². The van der Waals surface area contributed by atoms with Crippen LogP contribution in [0.1, 0.15) is 11.6 Å². The summed E-state index contributed by atoms with van der Waals surface area (Å²) in [6, 6.07) is 6.29. The summed E-state index contributed by atoms with van der Waals surface area (Å²) in [5, 5.41) is 6.80. The van der Waals surface area contributed by atoms with Crippen molar-refractivity contribution in [1.29, 1.82) is 0 Å². The molecule has 0 radical (unpaired) electrons. The van der Waals surface area contributed by atoms with Crippen LogP contribution < -0.4 is 21.1 Å². The minimum absolute atomic E-state index is 0.355. The van der Waals surface area contributed by atoms with Gasteiger partial charge in [0.2, 0.25) is 0 Å². The molecule has 0 amide bonds. The summed E-state index contributed by atoms with van der Waals surface area (Å²) in [7, 11) is 1.64. The van der Waals surface area contributed by atoms with Crippen LogP contribution in [0, 0.1) is 0 Å². The van der Waals surface area contributed by atoms with Crippen LogP contribution >= 0.6 is 0 Å². The second kappa shape index (κ2) is 4.51. The SMILES string of the molecule is COc1cc(C2CNCCN2)ccc1N. The molecule has 4 N–H and O–H groups in total. The lowest BCUT2D eigenvalue weighted by molar-refractivity contribution is 0.409. The van der Waals surface area contributed by atoms with Crippen LogP contribution in [0.5, 0.6) is 5.75 Å². The van der Waals surface area contributed by atoms with Gasteiger partial charge in [-0.2, -0.15) is 0 Å². The molecule has 1 heterocycles. The molecule has 0 bridgehead atoms. The Morgan fingerprint density at radius 2 is 2.27 bits per heavy atom. The van der Waals surface area contributed by atoms with Crippen molar-refractivity contribution in [2.75, 3.05) is 32.5 Å². The third-order valence-electron chi connectivity index (χ3n) is 2.70. The minimum atomic E-state index is 0.355. The molecule has 82 valence electrons. The average molecular weight is 207 g/mol. The molecule has 0 aliphatic carbocycles. The molecule has 2 rings (SSSR count). The van der Waals surface area contributed by atoms with Crippen molar-refractivity contribution in [3.63, 3.8) is 0 Å².